The first kappa shape index (κ1) is 12.3. The molecule has 17 heavy (non-hydrogen) atoms. The van der Waals surface area contributed by atoms with Crippen LogP contribution in [0.15, 0.2) is 0 Å². The minimum absolute atomic E-state index is 0.246. The van der Waals surface area contributed by atoms with E-state index in [1.54, 1.807) is 0 Å². The van der Waals surface area contributed by atoms with Gasteiger partial charge >= 0.3 is 0 Å². The average Bonchev–Trinajstić information content (AvgIpc) is 2.87. The van der Waals surface area contributed by atoms with Gasteiger partial charge in [0, 0.05) is 50.6 Å². The fourth-order valence-corrected chi connectivity index (χ4v) is 2.69. The van der Waals surface area contributed by atoms with Crippen molar-refractivity contribution in [2.45, 2.75) is 26.7 Å². The fraction of sp³-hybridized carbons (Fsp3) is 0.727. The summed E-state index contributed by atoms with van der Waals surface area (Å²) in [5.74, 6) is 1.16. The lowest BCUT2D eigenvalue weighted by molar-refractivity contribution is -0.131. The monoisotopic (exact) mass is 254 g/mol. The first-order valence-electron chi connectivity index (χ1n) is 6.10. The number of carbonyl (C=O) groups excluding carboxylic acids is 1. The van der Waals surface area contributed by atoms with E-state index in [0.717, 1.165) is 43.6 Å². The molecule has 1 aliphatic heterocycles. The molecule has 0 atom stereocenters. The van der Waals surface area contributed by atoms with Crippen LogP contribution in [0.2, 0.25) is 0 Å². The highest BCUT2D eigenvalue weighted by molar-refractivity contribution is 7.09. The predicted octanol–water partition coefficient (Wildman–Crippen LogP) is 1.16. The van der Waals surface area contributed by atoms with Crippen LogP contribution in [0.3, 0.4) is 0 Å². The molecule has 1 aromatic heterocycles. The van der Waals surface area contributed by atoms with Crippen LogP contribution in [-0.2, 0) is 11.2 Å². The molecule has 1 fully saturated rings. The molecule has 0 unspecified atom stereocenters. The largest absolute Gasteiger partial charge is 0.343 e. The van der Waals surface area contributed by atoms with Crippen LogP contribution in [0.5, 0.6) is 0 Å². The fourth-order valence-electron chi connectivity index (χ4n) is 1.89. The average molecular weight is 254 g/mol. The van der Waals surface area contributed by atoms with Gasteiger partial charge < -0.3 is 9.80 Å². The highest BCUT2D eigenvalue weighted by atomic mass is 32.1. The number of amides is 1. The standard InChI is InChI=1S/C11H18N4OS/c1-3-9-12-11(17-13-9)15-7-5-14(6-8-15)10(16)4-2/h3-8H2,1-2H3. The molecule has 1 aliphatic rings. The molecule has 0 radical (unpaired) electrons. The number of aryl methyl sites for hydroxylation is 1. The van der Waals surface area contributed by atoms with E-state index in [4.69, 9.17) is 0 Å². The van der Waals surface area contributed by atoms with E-state index in [1.807, 2.05) is 11.8 Å². The number of hydrogen-bond acceptors (Lipinski definition) is 5. The van der Waals surface area contributed by atoms with Crippen molar-refractivity contribution in [2.75, 3.05) is 31.1 Å². The summed E-state index contributed by atoms with van der Waals surface area (Å²) in [4.78, 5) is 20.2. The highest BCUT2D eigenvalue weighted by Crippen LogP contribution is 2.19. The zero-order valence-corrected chi connectivity index (χ0v) is 11.2. The van der Waals surface area contributed by atoms with Crippen LogP contribution < -0.4 is 4.90 Å². The predicted molar refractivity (Wildman–Crippen MR) is 68.4 cm³/mol. The summed E-state index contributed by atoms with van der Waals surface area (Å²) >= 11 is 1.46. The molecule has 0 aromatic carbocycles. The van der Waals surface area contributed by atoms with Gasteiger partial charge in [-0.15, -0.1) is 0 Å². The summed E-state index contributed by atoms with van der Waals surface area (Å²) in [7, 11) is 0. The molecule has 5 nitrogen and oxygen atoms in total. The highest BCUT2D eigenvalue weighted by Gasteiger charge is 2.21. The molecule has 94 valence electrons. The van der Waals surface area contributed by atoms with Crippen LogP contribution in [-0.4, -0.2) is 46.3 Å². The first-order chi connectivity index (χ1) is 8.24. The summed E-state index contributed by atoms with van der Waals surface area (Å²) in [6.07, 6.45) is 1.48. The van der Waals surface area contributed by atoms with E-state index in [0.29, 0.717) is 6.42 Å². The third-order valence-electron chi connectivity index (χ3n) is 2.98. The summed E-state index contributed by atoms with van der Waals surface area (Å²) < 4.78 is 4.29. The Kier molecular flexibility index (Phi) is 3.93. The Bertz CT molecular complexity index is 385. The number of hydrogen-bond donors (Lipinski definition) is 0. The number of carbonyl (C=O) groups is 1. The van der Waals surface area contributed by atoms with Gasteiger partial charge in [-0.25, -0.2) is 4.98 Å². The second-order valence-electron chi connectivity index (χ2n) is 4.07. The molecule has 1 aromatic rings. The van der Waals surface area contributed by atoms with Gasteiger partial charge in [0.1, 0.15) is 5.82 Å². The molecule has 6 heteroatoms. The van der Waals surface area contributed by atoms with Crippen molar-refractivity contribution in [3.63, 3.8) is 0 Å². The summed E-state index contributed by atoms with van der Waals surface area (Å²) in [6, 6.07) is 0. The van der Waals surface area contributed by atoms with Gasteiger partial charge in [0.2, 0.25) is 11.0 Å². The first-order valence-corrected chi connectivity index (χ1v) is 6.87. The molecular formula is C11H18N4OS. The molecule has 2 rings (SSSR count). The van der Waals surface area contributed by atoms with Crippen molar-refractivity contribution in [1.29, 1.82) is 0 Å². The van der Waals surface area contributed by atoms with E-state index in [2.05, 4.69) is 21.2 Å². The Hall–Kier alpha value is -1.17. The van der Waals surface area contributed by atoms with Crippen molar-refractivity contribution in [3.05, 3.63) is 5.82 Å². The van der Waals surface area contributed by atoms with Gasteiger partial charge in [-0.1, -0.05) is 13.8 Å². The second-order valence-corrected chi connectivity index (χ2v) is 4.80. The lowest BCUT2D eigenvalue weighted by Crippen LogP contribution is -2.48. The van der Waals surface area contributed by atoms with E-state index < -0.39 is 0 Å². The Morgan fingerprint density at radius 3 is 2.53 bits per heavy atom. The van der Waals surface area contributed by atoms with Crippen molar-refractivity contribution in [3.8, 4) is 0 Å². The second kappa shape index (κ2) is 5.44. The summed E-state index contributed by atoms with van der Waals surface area (Å²) in [6.45, 7) is 7.30. The van der Waals surface area contributed by atoms with Crippen molar-refractivity contribution in [1.82, 2.24) is 14.3 Å². The molecule has 0 bridgehead atoms. The Morgan fingerprint density at radius 1 is 1.29 bits per heavy atom. The van der Waals surface area contributed by atoms with E-state index in [1.165, 1.54) is 11.5 Å². The lowest BCUT2D eigenvalue weighted by atomic mass is 10.3. The molecular weight excluding hydrogens is 236 g/mol. The van der Waals surface area contributed by atoms with Crippen LogP contribution >= 0.6 is 11.5 Å². The molecule has 2 heterocycles. The van der Waals surface area contributed by atoms with Gasteiger partial charge in [-0.2, -0.15) is 4.37 Å². The van der Waals surface area contributed by atoms with E-state index in [9.17, 15) is 4.79 Å². The summed E-state index contributed by atoms with van der Waals surface area (Å²) in [5.41, 5.74) is 0. The topological polar surface area (TPSA) is 49.3 Å². The lowest BCUT2D eigenvalue weighted by Gasteiger charge is -2.34. The minimum atomic E-state index is 0.246. The maximum atomic E-state index is 11.5. The maximum absolute atomic E-state index is 11.5. The van der Waals surface area contributed by atoms with Gasteiger partial charge in [0.25, 0.3) is 0 Å². The van der Waals surface area contributed by atoms with Crippen molar-refractivity contribution in [2.24, 2.45) is 0 Å². The van der Waals surface area contributed by atoms with Gasteiger partial charge in [0.15, 0.2) is 0 Å². The van der Waals surface area contributed by atoms with E-state index >= 15 is 0 Å². The van der Waals surface area contributed by atoms with E-state index in [-0.39, 0.29) is 5.91 Å². The Balaban J connectivity index is 1.92. The molecule has 1 amide bonds. The van der Waals surface area contributed by atoms with Gasteiger partial charge in [0.05, 0.1) is 0 Å². The normalized spacial score (nSPS) is 16.4. The zero-order chi connectivity index (χ0) is 12.3. The van der Waals surface area contributed by atoms with Gasteiger partial charge in [-0.05, 0) is 0 Å². The summed E-state index contributed by atoms with van der Waals surface area (Å²) in [5, 5.41) is 0.991. The van der Waals surface area contributed by atoms with Gasteiger partial charge in [-0.3, -0.25) is 4.79 Å². The van der Waals surface area contributed by atoms with Crippen LogP contribution in [0.4, 0.5) is 5.13 Å². The minimum Gasteiger partial charge on any atom is -0.343 e. The number of anilines is 1. The molecule has 0 aliphatic carbocycles. The number of nitrogens with zero attached hydrogens (tertiary/aromatic N) is 4. The quantitative estimate of drug-likeness (QED) is 0.812. The Morgan fingerprint density at radius 2 is 2.00 bits per heavy atom. The van der Waals surface area contributed by atoms with Crippen molar-refractivity contribution >= 4 is 22.6 Å². The van der Waals surface area contributed by atoms with Crippen LogP contribution in [0.1, 0.15) is 26.1 Å². The molecule has 1 saturated heterocycles. The number of piperazine rings is 1. The molecule has 0 spiro atoms. The smallest absolute Gasteiger partial charge is 0.222 e. The number of rotatable bonds is 3. The van der Waals surface area contributed by atoms with Crippen molar-refractivity contribution < 1.29 is 4.79 Å². The Labute approximate surface area is 106 Å². The maximum Gasteiger partial charge on any atom is 0.222 e. The third-order valence-corrected chi connectivity index (χ3v) is 3.79. The number of aromatic nitrogens is 2. The molecule has 0 saturated carbocycles. The van der Waals surface area contributed by atoms with Crippen LogP contribution in [0.25, 0.3) is 0 Å². The SMILES string of the molecule is CCC(=O)N1CCN(c2nc(CC)ns2)CC1. The van der Waals surface area contributed by atoms with Crippen LogP contribution in [0, 0.1) is 0 Å². The zero-order valence-electron chi connectivity index (χ0n) is 10.3. The molecule has 0 N–H and O–H groups in total. The third kappa shape index (κ3) is 2.74.